The quantitative estimate of drug-likeness (QED) is 0.906. The van der Waals surface area contributed by atoms with Gasteiger partial charge in [-0.25, -0.2) is 0 Å². The van der Waals surface area contributed by atoms with E-state index >= 15 is 0 Å². The molecule has 0 spiro atoms. The van der Waals surface area contributed by atoms with Gasteiger partial charge in [-0.1, -0.05) is 36.4 Å². The lowest BCUT2D eigenvalue weighted by atomic mass is 9.83. The number of rotatable bonds is 3. The summed E-state index contributed by atoms with van der Waals surface area (Å²) in [5, 5.41) is 14.5. The summed E-state index contributed by atoms with van der Waals surface area (Å²) in [6, 6.07) is 13.4. The molecular formula is C17H19NO3. The van der Waals surface area contributed by atoms with Gasteiger partial charge >= 0.3 is 0 Å². The van der Waals surface area contributed by atoms with Gasteiger partial charge in [0.25, 0.3) is 0 Å². The number of methoxy groups -OCH3 is 1. The molecule has 4 nitrogen and oxygen atoms in total. The van der Waals surface area contributed by atoms with Crippen molar-refractivity contribution in [3.8, 4) is 11.5 Å². The number of aliphatic hydroxyl groups is 1. The third kappa shape index (κ3) is 2.17. The molecule has 2 N–H and O–H groups in total. The summed E-state index contributed by atoms with van der Waals surface area (Å²) < 4.78 is 11.3. The summed E-state index contributed by atoms with van der Waals surface area (Å²) in [6.45, 7) is 0.809. The molecule has 0 amide bonds. The smallest absolute Gasteiger partial charge is 0.168 e. The van der Waals surface area contributed by atoms with E-state index in [4.69, 9.17) is 9.47 Å². The molecule has 21 heavy (non-hydrogen) atoms. The first-order chi connectivity index (χ1) is 10.2. The zero-order valence-electron chi connectivity index (χ0n) is 12.2. The highest BCUT2D eigenvalue weighted by molar-refractivity contribution is 5.55. The van der Waals surface area contributed by atoms with Gasteiger partial charge in [-0.05, 0) is 24.2 Å². The van der Waals surface area contributed by atoms with Gasteiger partial charge in [0.05, 0.1) is 7.11 Å². The molecule has 0 bridgehead atoms. The Balaban J connectivity index is 2.27. The monoisotopic (exact) mass is 285 g/mol. The summed E-state index contributed by atoms with van der Waals surface area (Å²) in [5.74, 6) is 1.24. The van der Waals surface area contributed by atoms with Crippen molar-refractivity contribution in [1.29, 1.82) is 0 Å². The fraction of sp³-hybridized carbons (Fsp3) is 0.294. The number of ether oxygens (including phenoxy) is 2. The van der Waals surface area contributed by atoms with E-state index in [9.17, 15) is 5.11 Å². The second-order valence-corrected chi connectivity index (χ2v) is 5.17. The first-order valence-corrected chi connectivity index (χ1v) is 6.96. The summed E-state index contributed by atoms with van der Waals surface area (Å²) in [7, 11) is 3.43. The lowest BCUT2D eigenvalue weighted by molar-refractivity contribution is 0.0812. The number of likely N-dealkylation sites (N-methyl/N-ethyl adjacent to an activating group) is 1. The lowest BCUT2D eigenvalue weighted by Crippen LogP contribution is -2.38. The molecule has 1 aliphatic heterocycles. The Morgan fingerprint density at radius 3 is 2.71 bits per heavy atom. The maximum Gasteiger partial charge on any atom is 0.168 e. The van der Waals surface area contributed by atoms with Gasteiger partial charge in [-0.15, -0.1) is 0 Å². The number of para-hydroxylation sites is 1. The van der Waals surface area contributed by atoms with Crippen molar-refractivity contribution >= 4 is 0 Å². The molecule has 4 heteroatoms. The highest BCUT2D eigenvalue weighted by Crippen LogP contribution is 2.44. The lowest BCUT2D eigenvalue weighted by Gasteiger charge is -2.30. The van der Waals surface area contributed by atoms with E-state index in [1.165, 1.54) is 0 Å². The molecule has 0 saturated heterocycles. The summed E-state index contributed by atoms with van der Waals surface area (Å²) in [5.41, 5.74) is 1.42. The van der Waals surface area contributed by atoms with Crippen LogP contribution in [0.2, 0.25) is 0 Å². The van der Waals surface area contributed by atoms with Crippen LogP contribution in [0.25, 0.3) is 0 Å². The van der Waals surface area contributed by atoms with Crippen molar-refractivity contribution in [3.63, 3.8) is 0 Å². The summed E-state index contributed by atoms with van der Waals surface area (Å²) >= 11 is 0. The molecule has 1 unspecified atom stereocenters. The fourth-order valence-corrected chi connectivity index (χ4v) is 2.94. The largest absolute Gasteiger partial charge is 0.493 e. The van der Waals surface area contributed by atoms with Crippen molar-refractivity contribution < 1.29 is 14.6 Å². The molecule has 0 aromatic heterocycles. The van der Waals surface area contributed by atoms with Crippen LogP contribution in [0.5, 0.6) is 11.5 Å². The van der Waals surface area contributed by atoms with Crippen LogP contribution in [-0.2, 0) is 12.2 Å². The molecule has 1 heterocycles. The van der Waals surface area contributed by atoms with Gasteiger partial charge in [0, 0.05) is 12.1 Å². The van der Waals surface area contributed by atoms with E-state index in [-0.39, 0.29) is 0 Å². The minimum atomic E-state index is -1.15. The number of fused-ring (bicyclic) bond motifs is 2. The second-order valence-electron chi connectivity index (χ2n) is 5.17. The van der Waals surface area contributed by atoms with E-state index in [2.05, 4.69) is 5.32 Å². The van der Waals surface area contributed by atoms with Crippen LogP contribution < -0.4 is 14.8 Å². The second kappa shape index (κ2) is 5.39. The number of hydrogen-bond acceptors (Lipinski definition) is 4. The molecule has 1 atom stereocenters. The normalized spacial score (nSPS) is 20.0. The van der Waals surface area contributed by atoms with Gasteiger partial charge in [0.15, 0.2) is 11.5 Å². The Bertz CT molecular complexity index is 656. The maximum absolute atomic E-state index is 11.4. The van der Waals surface area contributed by atoms with E-state index in [1.54, 1.807) is 7.11 Å². The fourth-order valence-electron chi connectivity index (χ4n) is 2.94. The van der Waals surface area contributed by atoms with Crippen LogP contribution in [0.15, 0.2) is 42.5 Å². The predicted octanol–water partition coefficient (Wildman–Crippen LogP) is 2.04. The van der Waals surface area contributed by atoms with Crippen molar-refractivity contribution in [1.82, 2.24) is 5.32 Å². The Labute approximate surface area is 124 Å². The SMILES string of the molecule is CNCC1(O)c2ccccc2COc2c(OC)cccc21. The molecule has 0 aliphatic carbocycles. The molecule has 0 saturated carbocycles. The Kier molecular flexibility index (Phi) is 3.57. The molecule has 3 rings (SSSR count). The van der Waals surface area contributed by atoms with E-state index in [0.717, 1.165) is 16.7 Å². The first kappa shape index (κ1) is 13.9. The number of benzene rings is 2. The van der Waals surface area contributed by atoms with E-state index < -0.39 is 5.60 Å². The highest BCUT2D eigenvalue weighted by Gasteiger charge is 2.38. The minimum Gasteiger partial charge on any atom is -0.493 e. The van der Waals surface area contributed by atoms with E-state index in [1.807, 2.05) is 49.5 Å². The number of nitrogens with one attached hydrogen (secondary N) is 1. The molecule has 1 aliphatic rings. The van der Waals surface area contributed by atoms with Crippen LogP contribution >= 0.6 is 0 Å². The summed E-state index contributed by atoms with van der Waals surface area (Å²) in [4.78, 5) is 0. The zero-order chi connectivity index (χ0) is 14.9. The maximum atomic E-state index is 11.4. The van der Waals surface area contributed by atoms with Gasteiger partial charge in [0.1, 0.15) is 12.2 Å². The van der Waals surface area contributed by atoms with Gasteiger partial charge in [0.2, 0.25) is 0 Å². The highest BCUT2D eigenvalue weighted by atomic mass is 16.5. The molecule has 2 aromatic carbocycles. The van der Waals surface area contributed by atoms with Gasteiger partial charge in [-0.3, -0.25) is 0 Å². The van der Waals surface area contributed by atoms with E-state index in [0.29, 0.717) is 24.7 Å². The van der Waals surface area contributed by atoms with Crippen LogP contribution in [0.1, 0.15) is 16.7 Å². The molecule has 0 radical (unpaired) electrons. The van der Waals surface area contributed by atoms with Gasteiger partial charge < -0.3 is 19.9 Å². The first-order valence-electron chi connectivity index (χ1n) is 6.96. The average Bonchev–Trinajstić information content (AvgIpc) is 2.64. The average molecular weight is 285 g/mol. The molecule has 0 fully saturated rings. The van der Waals surface area contributed by atoms with Crippen molar-refractivity contribution in [3.05, 3.63) is 59.2 Å². The summed E-state index contributed by atoms with van der Waals surface area (Å²) in [6.07, 6.45) is 0. The Hall–Kier alpha value is -2.04. The number of hydrogen-bond donors (Lipinski definition) is 2. The molecular weight excluding hydrogens is 266 g/mol. The predicted molar refractivity (Wildman–Crippen MR) is 80.7 cm³/mol. The zero-order valence-corrected chi connectivity index (χ0v) is 12.2. The van der Waals surface area contributed by atoms with Crippen LogP contribution in [0.3, 0.4) is 0 Å². The topological polar surface area (TPSA) is 50.7 Å². The van der Waals surface area contributed by atoms with Crippen molar-refractivity contribution in [2.45, 2.75) is 12.2 Å². The molecule has 110 valence electrons. The van der Waals surface area contributed by atoms with Crippen LogP contribution in [0, 0.1) is 0 Å². The standard InChI is InChI=1S/C17H19NO3/c1-18-11-17(19)13-7-4-3-6-12(13)10-21-16-14(17)8-5-9-15(16)20-2/h3-9,18-19H,10-11H2,1-2H3. The van der Waals surface area contributed by atoms with Gasteiger partial charge in [-0.2, -0.15) is 0 Å². The van der Waals surface area contributed by atoms with Crippen LogP contribution in [0.4, 0.5) is 0 Å². The van der Waals surface area contributed by atoms with Crippen molar-refractivity contribution in [2.75, 3.05) is 20.7 Å². The Morgan fingerprint density at radius 1 is 1.19 bits per heavy atom. The van der Waals surface area contributed by atoms with Crippen LogP contribution in [-0.4, -0.2) is 25.8 Å². The molecule has 2 aromatic rings. The third-order valence-electron chi connectivity index (χ3n) is 3.91. The third-order valence-corrected chi connectivity index (χ3v) is 3.91. The Morgan fingerprint density at radius 2 is 1.95 bits per heavy atom. The minimum absolute atomic E-state index is 0.396. The van der Waals surface area contributed by atoms with Crippen molar-refractivity contribution in [2.24, 2.45) is 0 Å².